The normalized spacial score (nSPS) is 6.38. The molecule has 0 aromatic heterocycles. The molecular formula is C6H13NO. The SMILES string of the molecule is C=CC(C)=O.CNC. The van der Waals surface area contributed by atoms with E-state index in [4.69, 9.17) is 0 Å². The summed E-state index contributed by atoms with van der Waals surface area (Å²) in [6, 6.07) is 0. The lowest BCUT2D eigenvalue weighted by atomic mass is 10.5. The molecule has 0 amide bonds. The van der Waals surface area contributed by atoms with Crippen molar-refractivity contribution < 1.29 is 4.79 Å². The second kappa shape index (κ2) is 9.62. The topological polar surface area (TPSA) is 29.1 Å². The van der Waals surface area contributed by atoms with Gasteiger partial charge in [-0.1, -0.05) is 6.58 Å². The summed E-state index contributed by atoms with van der Waals surface area (Å²) in [5, 5.41) is 2.75. The first-order valence-electron chi connectivity index (χ1n) is 2.40. The van der Waals surface area contributed by atoms with Crippen LogP contribution >= 0.6 is 0 Å². The molecule has 8 heavy (non-hydrogen) atoms. The zero-order chi connectivity index (χ0) is 6.99. The van der Waals surface area contributed by atoms with Gasteiger partial charge in [-0.25, -0.2) is 0 Å². The summed E-state index contributed by atoms with van der Waals surface area (Å²) in [5.41, 5.74) is 0. The van der Waals surface area contributed by atoms with E-state index in [-0.39, 0.29) is 5.78 Å². The number of allylic oxidation sites excluding steroid dienone is 1. The van der Waals surface area contributed by atoms with Gasteiger partial charge >= 0.3 is 0 Å². The summed E-state index contributed by atoms with van der Waals surface area (Å²) in [6.07, 6.45) is 1.28. The highest BCUT2D eigenvalue weighted by molar-refractivity contribution is 5.86. The van der Waals surface area contributed by atoms with Crippen molar-refractivity contribution in [3.63, 3.8) is 0 Å². The predicted molar refractivity (Wildman–Crippen MR) is 35.9 cm³/mol. The lowest BCUT2D eigenvalue weighted by Crippen LogP contribution is -1.89. The van der Waals surface area contributed by atoms with Crippen LogP contribution in [-0.2, 0) is 4.79 Å². The Morgan fingerprint density at radius 1 is 1.62 bits per heavy atom. The predicted octanol–water partition coefficient (Wildman–Crippen LogP) is 0.597. The lowest BCUT2D eigenvalue weighted by molar-refractivity contribution is -0.112. The van der Waals surface area contributed by atoms with Crippen LogP contribution < -0.4 is 5.32 Å². The minimum atomic E-state index is 0.0185. The molecule has 0 bridgehead atoms. The third-order valence-corrected chi connectivity index (χ3v) is 0.287. The van der Waals surface area contributed by atoms with E-state index in [0.29, 0.717) is 0 Å². The van der Waals surface area contributed by atoms with Crippen LogP contribution in [0.2, 0.25) is 0 Å². The smallest absolute Gasteiger partial charge is 0.152 e. The fourth-order valence-electron chi connectivity index (χ4n) is 0. The van der Waals surface area contributed by atoms with Gasteiger partial charge in [0.1, 0.15) is 0 Å². The van der Waals surface area contributed by atoms with Gasteiger partial charge in [0.15, 0.2) is 5.78 Å². The Labute approximate surface area is 50.6 Å². The van der Waals surface area contributed by atoms with Crippen LogP contribution in [0, 0.1) is 0 Å². The molecule has 0 spiro atoms. The molecule has 0 unspecified atom stereocenters. The maximum atomic E-state index is 9.69. The van der Waals surface area contributed by atoms with Crippen molar-refractivity contribution in [3.8, 4) is 0 Å². The summed E-state index contributed by atoms with van der Waals surface area (Å²) in [5.74, 6) is 0.0185. The molecule has 0 rings (SSSR count). The van der Waals surface area contributed by atoms with Crippen molar-refractivity contribution in [1.29, 1.82) is 0 Å². The fraction of sp³-hybridized carbons (Fsp3) is 0.500. The van der Waals surface area contributed by atoms with E-state index in [1.54, 1.807) is 0 Å². The highest BCUT2D eigenvalue weighted by Crippen LogP contribution is 1.60. The van der Waals surface area contributed by atoms with Crippen LogP contribution in [0.25, 0.3) is 0 Å². The van der Waals surface area contributed by atoms with Crippen molar-refractivity contribution in [2.24, 2.45) is 0 Å². The maximum Gasteiger partial charge on any atom is 0.152 e. The highest BCUT2D eigenvalue weighted by Gasteiger charge is 1.69. The van der Waals surface area contributed by atoms with Crippen LogP contribution in [0.5, 0.6) is 0 Å². The molecule has 48 valence electrons. The van der Waals surface area contributed by atoms with E-state index in [1.165, 1.54) is 13.0 Å². The standard InChI is InChI=1S/C4H6O.C2H7N/c1-3-4(2)5;1-3-2/h3H,1H2,2H3;3H,1-2H3. The van der Waals surface area contributed by atoms with Crippen LogP contribution in [0.3, 0.4) is 0 Å². The van der Waals surface area contributed by atoms with Gasteiger partial charge in [0.05, 0.1) is 0 Å². The van der Waals surface area contributed by atoms with E-state index in [9.17, 15) is 4.79 Å². The summed E-state index contributed by atoms with van der Waals surface area (Å²) < 4.78 is 0. The monoisotopic (exact) mass is 115 g/mol. The van der Waals surface area contributed by atoms with Crippen molar-refractivity contribution in [3.05, 3.63) is 12.7 Å². The third-order valence-electron chi connectivity index (χ3n) is 0.287. The molecule has 2 nitrogen and oxygen atoms in total. The zero-order valence-electron chi connectivity index (χ0n) is 5.69. The summed E-state index contributed by atoms with van der Waals surface area (Å²) >= 11 is 0. The third kappa shape index (κ3) is 54.6. The lowest BCUT2D eigenvalue weighted by Gasteiger charge is -1.62. The van der Waals surface area contributed by atoms with Crippen LogP contribution in [0.15, 0.2) is 12.7 Å². The molecule has 0 atom stereocenters. The zero-order valence-corrected chi connectivity index (χ0v) is 5.69. The average Bonchev–Trinajstić information content (AvgIpc) is 1.69. The molecule has 0 saturated carbocycles. The molecule has 0 radical (unpaired) electrons. The maximum absolute atomic E-state index is 9.69. The van der Waals surface area contributed by atoms with Gasteiger partial charge in [-0.3, -0.25) is 4.79 Å². The summed E-state index contributed by atoms with van der Waals surface area (Å²) in [4.78, 5) is 9.69. The number of hydrogen-bond donors (Lipinski definition) is 1. The van der Waals surface area contributed by atoms with E-state index in [1.807, 2.05) is 14.1 Å². The molecule has 0 fully saturated rings. The largest absolute Gasteiger partial charge is 0.323 e. The molecule has 1 N–H and O–H groups in total. The van der Waals surface area contributed by atoms with E-state index >= 15 is 0 Å². The Balaban J connectivity index is 0. The van der Waals surface area contributed by atoms with Crippen molar-refractivity contribution in [2.75, 3.05) is 14.1 Å². The number of nitrogens with one attached hydrogen (secondary N) is 1. The van der Waals surface area contributed by atoms with Gasteiger partial charge in [-0.05, 0) is 27.1 Å². The molecule has 0 heterocycles. The Morgan fingerprint density at radius 3 is 1.75 bits per heavy atom. The Kier molecular flexibility index (Phi) is 12.5. The van der Waals surface area contributed by atoms with E-state index in [2.05, 4.69) is 11.9 Å². The molecule has 0 aliphatic rings. The molecule has 0 aromatic rings. The fourth-order valence-corrected chi connectivity index (χ4v) is 0. The Hall–Kier alpha value is -0.630. The highest BCUT2D eigenvalue weighted by atomic mass is 16.1. The Bertz CT molecular complexity index is 68.9. The summed E-state index contributed by atoms with van der Waals surface area (Å²) in [6.45, 7) is 4.68. The quantitative estimate of drug-likeness (QED) is 0.507. The molecule has 0 aromatic carbocycles. The van der Waals surface area contributed by atoms with Gasteiger partial charge in [-0.15, -0.1) is 0 Å². The minimum Gasteiger partial charge on any atom is -0.323 e. The molecule has 0 saturated heterocycles. The number of hydrogen-bond acceptors (Lipinski definition) is 2. The molecule has 0 aliphatic carbocycles. The first-order valence-corrected chi connectivity index (χ1v) is 2.40. The number of ketones is 1. The second-order valence-corrected chi connectivity index (χ2v) is 1.31. The van der Waals surface area contributed by atoms with Gasteiger partial charge < -0.3 is 5.32 Å². The van der Waals surface area contributed by atoms with Gasteiger partial charge in [0.2, 0.25) is 0 Å². The molecule has 2 heteroatoms. The van der Waals surface area contributed by atoms with Crippen LogP contribution in [0.4, 0.5) is 0 Å². The first kappa shape index (κ1) is 10.4. The van der Waals surface area contributed by atoms with Crippen molar-refractivity contribution in [2.45, 2.75) is 6.92 Å². The van der Waals surface area contributed by atoms with Gasteiger partial charge in [-0.2, -0.15) is 0 Å². The first-order chi connectivity index (χ1) is 3.68. The van der Waals surface area contributed by atoms with Crippen molar-refractivity contribution >= 4 is 5.78 Å². The van der Waals surface area contributed by atoms with Crippen LogP contribution in [0.1, 0.15) is 6.92 Å². The van der Waals surface area contributed by atoms with Crippen LogP contribution in [-0.4, -0.2) is 19.9 Å². The minimum absolute atomic E-state index is 0.0185. The number of rotatable bonds is 1. The molecular weight excluding hydrogens is 102 g/mol. The van der Waals surface area contributed by atoms with E-state index in [0.717, 1.165) is 0 Å². The van der Waals surface area contributed by atoms with Gasteiger partial charge in [0.25, 0.3) is 0 Å². The number of carbonyl (C=O) groups excluding carboxylic acids is 1. The van der Waals surface area contributed by atoms with Crippen molar-refractivity contribution in [1.82, 2.24) is 5.32 Å². The van der Waals surface area contributed by atoms with E-state index < -0.39 is 0 Å². The second-order valence-electron chi connectivity index (χ2n) is 1.31. The van der Waals surface area contributed by atoms with Gasteiger partial charge in [0, 0.05) is 0 Å². The summed E-state index contributed by atoms with van der Waals surface area (Å²) in [7, 11) is 3.75. The average molecular weight is 115 g/mol. The Morgan fingerprint density at radius 2 is 1.75 bits per heavy atom. The number of carbonyl (C=O) groups is 1. The molecule has 0 aliphatic heterocycles.